The molecule has 114 valence electrons. The van der Waals surface area contributed by atoms with Gasteiger partial charge in [-0.3, -0.25) is 4.79 Å². The van der Waals surface area contributed by atoms with E-state index in [9.17, 15) is 4.79 Å². The van der Waals surface area contributed by atoms with E-state index in [2.05, 4.69) is 17.0 Å². The van der Waals surface area contributed by atoms with Crippen LogP contribution in [-0.2, 0) is 11.2 Å². The van der Waals surface area contributed by atoms with E-state index in [1.807, 2.05) is 18.2 Å². The van der Waals surface area contributed by atoms with Gasteiger partial charge in [0.15, 0.2) is 0 Å². The summed E-state index contributed by atoms with van der Waals surface area (Å²) in [5.74, 6) is 0.921. The van der Waals surface area contributed by atoms with Crippen molar-refractivity contribution in [3.05, 3.63) is 35.9 Å². The second-order valence-corrected chi connectivity index (χ2v) is 6.56. The second-order valence-electron chi connectivity index (χ2n) is 6.56. The van der Waals surface area contributed by atoms with Crippen LogP contribution in [0.15, 0.2) is 30.3 Å². The van der Waals surface area contributed by atoms with Crippen molar-refractivity contribution in [2.24, 2.45) is 11.7 Å². The predicted octanol–water partition coefficient (Wildman–Crippen LogP) is 2.74. The molecule has 2 aliphatic rings. The molecule has 1 aliphatic heterocycles. The number of nitrogens with two attached hydrogens (primary N) is 1. The van der Waals surface area contributed by atoms with Crippen LogP contribution in [0.3, 0.4) is 0 Å². The van der Waals surface area contributed by atoms with Crippen molar-refractivity contribution in [2.45, 2.75) is 57.0 Å². The molecule has 1 saturated carbocycles. The number of amides is 1. The molecule has 1 amide bonds. The zero-order valence-electron chi connectivity index (χ0n) is 12.7. The first-order valence-electron chi connectivity index (χ1n) is 8.35. The lowest BCUT2D eigenvalue weighted by Gasteiger charge is -2.33. The summed E-state index contributed by atoms with van der Waals surface area (Å²) in [4.78, 5) is 14.7. The fourth-order valence-electron chi connectivity index (χ4n) is 3.98. The number of nitrogens with zero attached hydrogens (tertiary/aromatic N) is 1. The summed E-state index contributed by atoms with van der Waals surface area (Å²) in [7, 11) is 0. The van der Waals surface area contributed by atoms with Gasteiger partial charge in [0.2, 0.25) is 5.91 Å². The maximum absolute atomic E-state index is 12.6. The molecule has 0 spiro atoms. The Kier molecular flexibility index (Phi) is 4.59. The summed E-state index contributed by atoms with van der Waals surface area (Å²) < 4.78 is 0. The van der Waals surface area contributed by atoms with Crippen LogP contribution in [0.2, 0.25) is 0 Å². The molecule has 3 atom stereocenters. The molecule has 3 nitrogen and oxygen atoms in total. The normalized spacial score (nSPS) is 26.4. The van der Waals surface area contributed by atoms with Gasteiger partial charge in [-0.1, -0.05) is 43.2 Å². The van der Waals surface area contributed by atoms with E-state index in [4.69, 9.17) is 5.73 Å². The molecule has 1 aromatic carbocycles. The van der Waals surface area contributed by atoms with Gasteiger partial charge in [-0.15, -0.1) is 0 Å². The highest BCUT2D eigenvalue weighted by Gasteiger charge is 2.39. The number of hydrogen-bond acceptors (Lipinski definition) is 2. The Balaban J connectivity index is 1.55. The van der Waals surface area contributed by atoms with Crippen LogP contribution in [0.25, 0.3) is 0 Å². The van der Waals surface area contributed by atoms with E-state index >= 15 is 0 Å². The van der Waals surface area contributed by atoms with Gasteiger partial charge in [-0.25, -0.2) is 0 Å². The van der Waals surface area contributed by atoms with Crippen LogP contribution in [-0.4, -0.2) is 29.4 Å². The van der Waals surface area contributed by atoms with E-state index in [0.717, 1.165) is 25.3 Å². The number of aryl methyl sites for hydroxylation is 1. The topological polar surface area (TPSA) is 46.3 Å². The quantitative estimate of drug-likeness (QED) is 0.925. The lowest BCUT2D eigenvalue weighted by atomic mass is 9.85. The van der Waals surface area contributed by atoms with Crippen LogP contribution in [0.5, 0.6) is 0 Å². The maximum atomic E-state index is 12.6. The SMILES string of the molecule is N[C@@H](CCc1ccccc1)C(=O)N1CCC2CCCCC21. The summed E-state index contributed by atoms with van der Waals surface area (Å²) in [5.41, 5.74) is 7.44. The van der Waals surface area contributed by atoms with E-state index in [-0.39, 0.29) is 11.9 Å². The van der Waals surface area contributed by atoms with E-state index in [0.29, 0.717) is 6.04 Å². The largest absolute Gasteiger partial charge is 0.338 e. The van der Waals surface area contributed by atoms with Crippen LogP contribution in [0, 0.1) is 5.92 Å². The summed E-state index contributed by atoms with van der Waals surface area (Å²) in [6, 6.07) is 10.4. The average molecular weight is 286 g/mol. The van der Waals surface area contributed by atoms with Crippen molar-refractivity contribution in [1.82, 2.24) is 4.90 Å². The molecular weight excluding hydrogens is 260 g/mol. The second kappa shape index (κ2) is 6.61. The molecule has 1 aromatic rings. The predicted molar refractivity (Wildman–Crippen MR) is 84.8 cm³/mol. The molecule has 3 rings (SSSR count). The zero-order chi connectivity index (χ0) is 14.7. The van der Waals surface area contributed by atoms with Crippen LogP contribution < -0.4 is 5.73 Å². The van der Waals surface area contributed by atoms with Crippen LogP contribution in [0.4, 0.5) is 0 Å². The number of rotatable bonds is 4. The van der Waals surface area contributed by atoms with Crippen molar-refractivity contribution in [3.8, 4) is 0 Å². The van der Waals surface area contributed by atoms with E-state index in [1.54, 1.807) is 0 Å². The van der Waals surface area contributed by atoms with Gasteiger partial charge >= 0.3 is 0 Å². The van der Waals surface area contributed by atoms with Crippen LogP contribution in [0.1, 0.15) is 44.1 Å². The highest BCUT2D eigenvalue weighted by molar-refractivity contribution is 5.82. The molecule has 2 N–H and O–H groups in total. The van der Waals surface area contributed by atoms with Gasteiger partial charge in [0.05, 0.1) is 6.04 Å². The number of hydrogen-bond donors (Lipinski definition) is 1. The number of fused-ring (bicyclic) bond motifs is 1. The summed E-state index contributed by atoms with van der Waals surface area (Å²) >= 11 is 0. The molecule has 0 aromatic heterocycles. The smallest absolute Gasteiger partial charge is 0.239 e. The van der Waals surface area contributed by atoms with Gasteiger partial charge < -0.3 is 10.6 Å². The molecular formula is C18H26N2O. The van der Waals surface area contributed by atoms with E-state index in [1.165, 1.54) is 37.7 Å². The van der Waals surface area contributed by atoms with Gasteiger partial charge in [-0.2, -0.15) is 0 Å². The van der Waals surface area contributed by atoms with E-state index < -0.39 is 0 Å². The molecule has 1 heterocycles. The lowest BCUT2D eigenvalue weighted by molar-refractivity contribution is -0.134. The van der Waals surface area contributed by atoms with Crippen molar-refractivity contribution in [3.63, 3.8) is 0 Å². The van der Waals surface area contributed by atoms with Crippen molar-refractivity contribution in [2.75, 3.05) is 6.54 Å². The van der Waals surface area contributed by atoms with Crippen molar-refractivity contribution < 1.29 is 4.79 Å². The van der Waals surface area contributed by atoms with Crippen LogP contribution >= 0.6 is 0 Å². The monoisotopic (exact) mass is 286 g/mol. The molecule has 3 heteroatoms. The Morgan fingerprint density at radius 3 is 2.76 bits per heavy atom. The van der Waals surface area contributed by atoms with Gasteiger partial charge in [0.1, 0.15) is 0 Å². The van der Waals surface area contributed by atoms with Crippen molar-refractivity contribution in [1.29, 1.82) is 0 Å². The lowest BCUT2D eigenvalue weighted by Crippen LogP contribution is -2.47. The first-order valence-corrected chi connectivity index (χ1v) is 8.35. The minimum Gasteiger partial charge on any atom is -0.338 e. The summed E-state index contributed by atoms with van der Waals surface area (Å²) in [6.45, 7) is 0.924. The van der Waals surface area contributed by atoms with Gasteiger partial charge in [-0.05, 0) is 43.6 Å². The third-order valence-corrected chi connectivity index (χ3v) is 5.20. The van der Waals surface area contributed by atoms with Crippen molar-refractivity contribution >= 4 is 5.91 Å². The first kappa shape index (κ1) is 14.6. The summed E-state index contributed by atoms with van der Waals surface area (Å²) in [5, 5.41) is 0. The maximum Gasteiger partial charge on any atom is 0.239 e. The molecule has 1 aliphatic carbocycles. The molecule has 0 radical (unpaired) electrons. The number of carbonyl (C=O) groups excluding carboxylic acids is 1. The Morgan fingerprint density at radius 1 is 1.19 bits per heavy atom. The fourth-order valence-corrected chi connectivity index (χ4v) is 3.98. The fraction of sp³-hybridized carbons (Fsp3) is 0.611. The molecule has 1 saturated heterocycles. The van der Waals surface area contributed by atoms with Gasteiger partial charge in [0.25, 0.3) is 0 Å². The Labute approximate surface area is 127 Å². The Bertz CT molecular complexity index is 473. The molecule has 0 bridgehead atoms. The third kappa shape index (κ3) is 3.29. The highest BCUT2D eigenvalue weighted by Crippen LogP contribution is 2.36. The minimum absolute atomic E-state index is 0.181. The average Bonchev–Trinajstić information content (AvgIpc) is 2.97. The number of benzene rings is 1. The number of likely N-dealkylation sites (tertiary alicyclic amines) is 1. The highest BCUT2D eigenvalue weighted by atomic mass is 16.2. The minimum atomic E-state index is -0.342. The number of carbonyl (C=O) groups is 1. The third-order valence-electron chi connectivity index (χ3n) is 5.20. The standard InChI is InChI=1S/C18H26N2O/c19-16(11-10-14-6-2-1-3-7-14)18(21)20-13-12-15-8-4-5-9-17(15)20/h1-3,6-7,15-17H,4-5,8-13,19H2/t15?,16-,17?/m0/s1. The first-order chi connectivity index (χ1) is 10.3. The molecule has 21 heavy (non-hydrogen) atoms. The molecule has 2 unspecified atom stereocenters. The zero-order valence-corrected chi connectivity index (χ0v) is 12.7. The Morgan fingerprint density at radius 2 is 1.95 bits per heavy atom. The van der Waals surface area contributed by atoms with Gasteiger partial charge in [0, 0.05) is 12.6 Å². The summed E-state index contributed by atoms with van der Waals surface area (Å²) in [6.07, 6.45) is 7.90. The molecule has 2 fully saturated rings. The Hall–Kier alpha value is -1.35.